The van der Waals surface area contributed by atoms with Crippen molar-refractivity contribution >= 4 is 29.0 Å². The van der Waals surface area contributed by atoms with Crippen molar-refractivity contribution in [2.45, 2.75) is 6.92 Å². The normalized spacial score (nSPS) is 10.4. The summed E-state index contributed by atoms with van der Waals surface area (Å²) in [7, 11) is 0. The van der Waals surface area contributed by atoms with Gasteiger partial charge in [0.15, 0.2) is 11.6 Å². The van der Waals surface area contributed by atoms with Gasteiger partial charge in [0.1, 0.15) is 10.8 Å². The van der Waals surface area contributed by atoms with Gasteiger partial charge < -0.3 is 0 Å². The van der Waals surface area contributed by atoms with Gasteiger partial charge >= 0.3 is 0 Å². The van der Waals surface area contributed by atoms with Crippen molar-refractivity contribution in [2.75, 3.05) is 5.88 Å². The van der Waals surface area contributed by atoms with Gasteiger partial charge in [-0.1, -0.05) is 41.9 Å². The van der Waals surface area contributed by atoms with E-state index in [0.717, 1.165) is 5.56 Å². The van der Waals surface area contributed by atoms with E-state index >= 15 is 0 Å². The maximum atomic E-state index is 11.7. The zero-order valence-electron chi connectivity index (χ0n) is 9.65. The van der Waals surface area contributed by atoms with Crippen LogP contribution in [-0.4, -0.2) is 21.6 Å². The van der Waals surface area contributed by atoms with Crippen LogP contribution in [0.15, 0.2) is 30.3 Å². The highest BCUT2D eigenvalue weighted by Gasteiger charge is 2.16. The van der Waals surface area contributed by atoms with Gasteiger partial charge in [0.2, 0.25) is 0 Å². The minimum absolute atomic E-state index is 0.123. The molecule has 0 fully saturated rings. The first kappa shape index (κ1) is 13.0. The molecule has 1 aromatic carbocycles. The van der Waals surface area contributed by atoms with Crippen molar-refractivity contribution in [1.29, 1.82) is 0 Å². The lowest BCUT2D eigenvalue weighted by atomic mass is 10.1. The molecule has 92 valence electrons. The molecule has 0 radical (unpaired) electrons. The van der Waals surface area contributed by atoms with Gasteiger partial charge in [0.25, 0.3) is 0 Å². The molecule has 0 N–H and O–H groups in total. The average Bonchev–Trinajstić information content (AvgIpc) is 2.41. The van der Waals surface area contributed by atoms with Crippen LogP contribution in [0.5, 0.6) is 0 Å². The zero-order valence-corrected chi connectivity index (χ0v) is 11.2. The van der Waals surface area contributed by atoms with Crippen LogP contribution in [0.25, 0.3) is 11.4 Å². The summed E-state index contributed by atoms with van der Waals surface area (Å²) in [5.41, 5.74) is 1.65. The summed E-state index contributed by atoms with van der Waals surface area (Å²) >= 11 is 11.6. The number of carbonyl (C=O) groups excluding carboxylic acids is 1. The molecule has 0 unspecified atom stereocenters. The Bertz CT molecular complexity index is 585. The third-order valence-electron chi connectivity index (χ3n) is 2.50. The van der Waals surface area contributed by atoms with Crippen molar-refractivity contribution in [1.82, 2.24) is 9.97 Å². The maximum absolute atomic E-state index is 11.7. The van der Waals surface area contributed by atoms with Gasteiger partial charge in [-0.05, 0) is 6.92 Å². The Morgan fingerprint density at radius 2 is 1.89 bits per heavy atom. The quantitative estimate of drug-likeness (QED) is 0.491. The van der Waals surface area contributed by atoms with E-state index < -0.39 is 0 Å². The molecule has 0 bridgehead atoms. The van der Waals surface area contributed by atoms with E-state index in [0.29, 0.717) is 11.4 Å². The number of rotatable bonds is 3. The minimum atomic E-state index is -0.254. The molecular formula is C13H10Cl2N2O. The number of ketones is 1. The first-order valence-corrected chi connectivity index (χ1v) is 6.23. The summed E-state index contributed by atoms with van der Waals surface area (Å²) in [5.74, 6) is 0.0536. The van der Waals surface area contributed by atoms with Crippen LogP contribution in [0.4, 0.5) is 0 Å². The first-order valence-electron chi connectivity index (χ1n) is 5.32. The Hall–Kier alpha value is -1.45. The Morgan fingerprint density at radius 1 is 1.22 bits per heavy atom. The molecule has 1 heterocycles. The SMILES string of the molecule is Cc1c(Cl)nc(-c2ccccc2)nc1C(=O)CCl. The predicted octanol–water partition coefficient (Wildman–Crippen LogP) is 3.53. The van der Waals surface area contributed by atoms with Gasteiger partial charge in [-0.3, -0.25) is 4.79 Å². The van der Waals surface area contributed by atoms with Gasteiger partial charge in [0.05, 0.1) is 5.88 Å². The van der Waals surface area contributed by atoms with E-state index in [1.54, 1.807) is 6.92 Å². The van der Waals surface area contributed by atoms with E-state index in [4.69, 9.17) is 23.2 Å². The fourth-order valence-corrected chi connectivity index (χ4v) is 1.84. The number of hydrogen-bond donors (Lipinski definition) is 0. The predicted molar refractivity (Wildman–Crippen MR) is 72.3 cm³/mol. The van der Waals surface area contributed by atoms with E-state index in [9.17, 15) is 4.79 Å². The topological polar surface area (TPSA) is 42.9 Å². The molecule has 0 atom stereocenters. The number of carbonyl (C=O) groups is 1. The number of Topliss-reactive ketones (excluding diaryl/α,β-unsaturated/α-hetero) is 1. The number of halogens is 2. The molecule has 0 saturated heterocycles. The fraction of sp³-hybridized carbons (Fsp3) is 0.154. The number of hydrogen-bond acceptors (Lipinski definition) is 3. The highest BCUT2D eigenvalue weighted by Crippen LogP contribution is 2.22. The highest BCUT2D eigenvalue weighted by molar-refractivity contribution is 6.32. The molecule has 1 aromatic heterocycles. The molecule has 5 heteroatoms. The van der Waals surface area contributed by atoms with Gasteiger partial charge in [-0.25, -0.2) is 9.97 Å². The molecule has 0 aliphatic carbocycles. The molecule has 0 aliphatic heterocycles. The van der Waals surface area contributed by atoms with Gasteiger partial charge in [-0.15, -0.1) is 11.6 Å². The van der Waals surface area contributed by atoms with Crippen molar-refractivity contribution < 1.29 is 4.79 Å². The van der Waals surface area contributed by atoms with Crippen LogP contribution < -0.4 is 0 Å². The smallest absolute Gasteiger partial charge is 0.196 e. The largest absolute Gasteiger partial charge is 0.291 e. The first-order chi connectivity index (χ1) is 8.63. The monoisotopic (exact) mass is 280 g/mol. The van der Waals surface area contributed by atoms with Crippen LogP contribution in [0.1, 0.15) is 16.1 Å². The highest BCUT2D eigenvalue weighted by atomic mass is 35.5. The summed E-state index contributed by atoms with van der Waals surface area (Å²) in [6, 6.07) is 9.35. The molecule has 0 spiro atoms. The van der Waals surface area contributed by atoms with E-state index in [-0.39, 0.29) is 22.5 Å². The van der Waals surface area contributed by atoms with Crippen molar-refractivity contribution in [3.63, 3.8) is 0 Å². The number of alkyl halides is 1. The van der Waals surface area contributed by atoms with Crippen molar-refractivity contribution in [3.05, 3.63) is 46.7 Å². The Morgan fingerprint density at radius 3 is 2.50 bits per heavy atom. The third-order valence-corrected chi connectivity index (χ3v) is 3.11. The van der Waals surface area contributed by atoms with E-state index in [1.165, 1.54) is 0 Å². The summed E-state index contributed by atoms with van der Waals surface area (Å²) in [4.78, 5) is 20.1. The lowest BCUT2D eigenvalue weighted by Gasteiger charge is -2.07. The van der Waals surface area contributed by atoms with Crippen LogP contribution in [0.2, 0.25) is 5.15 Å². The van der Waals surface area contributed by atoms with Crippen LogP contribution in [-0.2, 0) is 0 Å². The Balaban J connectivity index is 2.58. The molecule has 0 aliphatic rings. The zero-order chi connectivity index (χ0) is 13.1. The molecule has 3 nitrogen and oxygen atoms in total. The minimum Gasteiger partial charge on any atom is -0.291 e. The molecule has 18 heavy (non-hydrogen) atoms. The molecule has 2 rings (SSSR count). The number of aromatic nitrogens is 2. The Kier molecular flexibility index (Phi) is 3.94. The van der Waals surface area contributed by atoms with Crippen molar-refractivity contribution in [2.24, 2.45) is 0 Å². The second-order valence-corrected chi connectivity index (χ2v) is 4.36. The second-order valence-electron chi connectivity index (χ2n) is 3.73. The fourth-order valence-electron chi connectivity index (χ4n) is 1.54. The Labute approximate surface area is 115 Å². The number of benzene rings is 1. The maximum Gasteiger partial charge on any atom is 0.196 e. The summed E-state index contributed by atoms with van der Waals surface area (Å²) in [5, 5.41) is 0.275. The lowest BCUT2D eigenvalue weighted by molar-refractivity contribution is 0.101. The molecule has 2 aromatic rings. The third kappa shape index (κ3) is 2.52. The second kappa shape index (κ2) is 5.46. The van der Waals surface area contributed by atoms with Crippen molar-refractivity contribution in [3.8, 4) is 11.4 Å². The average molecular weight is 281 g/mol. The summed E-state index contributed by atoms with van der Waals surface area (Å²) < 4.78 is 0. The van der Waals surface area contributed by atoms with Crippen LogP contribution in [0, 0.1) is 6.92 Å². The molecule has 0 amide bonds. The molecular weight excluding hydrogens is 271 g/mol. The lowest BCUT2D eigenvalue weighted by Crippen LogP contribution is -2.09. The number of nitrogens with zero attached hydrogens (tertiary/aromatic N) is 2. The van der Waals surface area contributed by atoms with Crippen LogP contribution in [0.3, 0.4) is 0 Å². The van der Waals surface area contributed by atoms with Gasteiger partial charge in [-0.2, -0.15) is 0 Å². The van der Waals surface area contributed by atoms with E-state index in [1.807, 2.05) is 30.3 Å². The molecule has 0 saturated carbocycles. The van der Waals surface area contributed by atoms with E-state index in [2.05, 4.69) is 9.97 Å². The summed E-state index contributed by atoms with van der Waals surface area (Å²) in [6.45, 7) is 1.71. The van der Waals surface area contributed by atoms with Gasteiger partial charge in [0, 0.05) is 11.1 Å². The standard InChI is InChI=1S/C13H10Cl2N2O/c1-8-11(10(18)7-14)16-13(17-12(8)15)9-5-3-2-4-6-9/h2-6H,7H2,1H3. The summed E-state index contributed by atoms with van der Waals surface area (Å²) in [6.07, 6.45) is 0. The van der Waals surface area contributed by atoms with Crippen LogP contribution >= 0.6 is 23.2 Å².